The first-order valence-corrected chi connectivity index (χ1v) is 11.4. The summed E-state index contributed by atoms with van der Waals surface area (Å²) >= 11 is 1.21. The Balaban J connectivity index is 1.68. The zero-order valence-corrected chi connectivity index (χ0v) is 18.9. The van der Waals surface area contributed by atoms with Crippen molar-refractivity contribution in [2.24, 2.45) is 4.99 Å². The number of nitrogens with zero attached hydrogens (tertiary/aromatic N) is 3. The van der Waals surface area contributed by atoms with Gasteiger partial charge in [-0.05, 0) is 44.4 Å². The SMILES string of the molecule is C=CC(=O)N[C@@H]1CCC[C@@H]1NC(=O)c1sc2nccc3c2c1NC(=O)N3/C(C=C)=N/C=C\C. The third-order valence-corrected chi connectivity index (χ3v) is 6.66. The zero-order valence-electron chi connectivity index (χ0n) is 18.1. The number of aromatic nitrogens is 1. The number of aliphatic imine (C=N–C) groups is 1. The molecule has 1 fully saturated rings. The van der Waals surface area contributed by atoms with Gasteiger partial charge in [-0.1, -0.05) is 19.2 Å². The Bertz CT molecular complexity index is 1210. The van der Waals surface area contributed by atoms with Crippen molar-refractivity contribution in [1.29, 1.82) is 0 Å². The van der Waals surface area contributed by atoms with Crippen LogP contribution in [-0.2, 0) is 4.79 Å². The van der Waals surface area contributed by atoms with Gasteiger partial charge in [-0.2, -0.15) is 0 Å². The molecule has 3 N–H and O–H groups in total. The number of hydrogen-bond acceptors (Lipinski definition) is 6. The predicted molar refractivity (Wildman–Crippen MR) is 131 cm³/mol. The van der Waals surface area contributed by atoms with Gasteiger partial charge in [0.05, 0.1) is 16.8 Å². The van der Waals surface area contributed by atoms with Crippen molar-refractivity contribution < 1.29 is 14.4 Å². The van der Waals surface area contributed by atoms with Crippen LogP contribution < -0.4 is 20.9 Å². The molecule has 2 atom stereocenters. The fourth-order valence-electron chi connectivity index (χ4n) is 4.11. The van der Waals surface area contributed by atoms with Gasteiger partial charge >= 0.3 is 6.03 Å². The van der Waals surface area contributed by atoms with E-state index in [4.69, 9.17) is 0 Å². The minimum absolute atomic E-state index is 0.165. The molecule has 2 aromatic rings. The summed E-state index contributed by atoms with van der Waals surface area (Å²) in [5.74, 6) is -0.228. The number of nitrogens with one attached hydrogen (secondary N) is 3. The molecule has 1 aliphatic heterocycles. The molecule has 0 spiro atoms. The molecule has 9 nitrogen and oxygen atoms in total. The molecule has 4 rings (SSSR count). The first-order valence-electron chi connectivity index (χ1n) is 10.6. The van der Waals surface area contributed by atoms with Crippen molar-refractivity contribution in [2.75, 3.05) is 10.2 Å². The highest BCUT2D eigenvalue weighted by molar-refractivity contribution is 7.21. The van der Waals surface area contributed by atoms with Crippen LogP contribution in [0, 0.1) is 0 Å². The first kappa shape index (κ1) is 22.4. The summed E-state index contributed by atoms with van der Waals surface area (Å²) in [6, 6.07) is 0.901. The summed E-state index contributed by atoms with van der Waals surface area (Å²) in [7, 11) is 0. The molecule has 10 heteroatoms. The number of rotatable bonds is 6. The number of thiophene rings is 1. The minimum atomic E-state index is -0.442. The van der Waals surface area contributed by atoms with E-state index in [2.05, 4.69) is 39.1 Å². The van der Waals surface area contributed by atoms with E-state index in [1.165, 1.54) is 28.4 Å². The second-order valence-electron chi connectivity index (χ2n) is 7.59. The molecule has 4 amide bonds. The number of anilines is 2. The molecule has 0 radical (unpaired) electrons. The van der Waals surface area contributed by atoms with Crippen LogP contribution in [0.5, 0.6) is 0 Å². The standard InChI is InChI=1S/C23H24N6O3S/c1-4-11-24-16(5-2)29-15-10-12-25-22-18(15)19(28-23(29)32)20(33-22)21(31)27-14-9-7-8-13(14)26-17(30)6-3/h4-6,10-14H,2-3,7-9H2,1H3,(H,26,30)(H,27,31)(H,28,32)/b11-4-,24-16+/t13-,14+/m1/s1. The van der Waals surface area contributed by atoms with Crippen LogP contribution in [0.15, 0.2) is 54.8 Å². The fraction of sp³-hybridized carbons (Fsp3) is 0.261. The van der Waals surface area contributed by atoms with Crippen molar-refractivity contribution >= 4 is 56.6 Å². The van der Waals surface area contributed by atoms with E-state index in [1.807, 2.05) is 6.92 Å². The highest BCUT2D eigenvalue weighted by atomic mass is 32.1. The summed E-state index contributed by atoms with van der Waals surface area (Å²) in [5.41, 5.74) is 1.00. The Morgan fingerprint density at radius 2 is 2.03 bits per heavy atom. The van der Waals surface area contributed by atoms with Crippen molar-refractivity contribution in [1.82, 2.24) is 15.6 Å². The maximum Gasteiger partial charge on any atom is 0.332 e. The molecule has 0 aromatic carbocycles. The van der Waals surface area contributed by atoms with Crippen molar-refractivity contribution in [3.05, 3.63) is 54.7 Å². The zero-order chi connectivity index (χ0) is 23.5. The van der Waals surface area contributed by atoms with Gasteiger partial charge in [0.25, 0.3) is 5.91 Å². The number of carbonyl (C=O) groups is 3. The van der Waals surface area contributed by atoms with Crippen LogP contribution in [-0.4, -0.2) is 40.7 Å². The summed E-state index contributed by atoms with van der Waals surface area (Å²) in [4.78, 5) is 49.1. The van der Waals surface area contributed by atoms with E-state index >= 15 is 0 Å². The van der Waals surface area contributed by atoms with Crippen LogP contribution in [0.1, 0.15) is 35.9 Å². The lowest BCUT2D eigenvalue weighted by atomic mass is 10.1. The van der Waals surface area contributed by atoms with Gasteiger partial charge in [0.1, 0.15) is 15.5 Å². The molecule has 2 aliphatic rings. The molecule has 33 heavy (non-hydrogen) atoms. The third-order valence-electron chi connectivity index (χ3n) is 5.57. The molecule has 2 aromatic heterocycles. The van der Waals surface area contributed by atoms with Crippen molar-refractivity contribution in [2.45, 2.75) is 38.3 Å². The average Bonchev–Trinajstić information content (AvgIpc) is 3.40. The minimum Gasteiger partial charge on any atom is -0.348 e. The van der Waals surface area contributed by atoms with Gasteiger partial charge in [-0.15, -0.1) is 11.3 Å². The van der Waals surface area contributed by atoms with Crippen LogP contribution >= 0.6 is 11.3 Å². The summed E-state index contributed by atoms with van der Waals surface area (Å²) < 4.78 is 0. The van der Waals surface area contributed by atoms with E-state index in [1.54, 1.807) is 24.5 Å². The normalized spacial score (nSPS) is 20.1. The lowest BCUT2D eigenvalue weighted by Crippen LogP contribution is -2.48. The van der Waals surface area contributed by atoms with Gasteiger partial charge in [0, 0.05) is 24.5 Å². The second-order valence-corrected chi connectivity index (χ2v) is 8.58. The van der Waals surface area contributed by atoms with Gasteiger partial charge in [-0.25, -0.2) is 19.7 Å². The van der Waals surface area contributed by atoms with Crippen LogP contribution in [0.25, 0.3) is 10.2 Å². The third kappa shape index (κ3) is 4.17. The quantitative estimate of drug-likeness (QED) is 0.343. The molecular weight excluding hydrogens is 440 g/mol. The molecule has 1 saturated carbocycles. The molecule has 0 unspecified atom stereocenters. The largest absolute Gasteiger partial charge is 0.348 e. The van der Waals surface area contributed by atoms with Crippen LogP contribution in [0.2, 0.25) is 0 Å². The van der Waals surface area contributed by atoms with Crippen LogP contribution in [0.4, 0.5) is 16.2 Å². The Hall–Kier alpha value is -3.79. The summed E-state index contributed by atoms with van der Waals surface area (Å²) in [6.45, 7) is 9.07. The highest BCUT2D eigenvalue weighted by Crippen LogP contribution is 2.43. The van der Waals surface area contributed by atoms with Crippen molar-refractivity contribution in [3.8, 4) is 0 Å². The maximum absolute atomic E-state index is 13.2. The number of amides is 4. The predicted octanol–water partition coefficient (Wildman–Crippen LogP) is 3.72. The number of amidine groups is 1. The molecule has 3 heterocycles. The number of urea groups is 1. The lowest BCUT2D eigenvalue weighted by Gasteiger charge is -2.28. The van der Waals surface area contributed by atoms with Gasteiger partial charge in [0.2, 0.25) is 5.91 Å². The monoisotopic (exact) mass is 464 g/mol. The summed E-state index contributed by atoms with van der Waals surface area (Å²) in [6.07, 6.45) is 10.1. The van der Waals surface area contributed by atoms with E-state index in [0.29, 0.717) is 32.3 Å². The summed E-state index contributed by atoms with van der Waals surface area (Å²) in [5, 5.41) is 9.40. The van der Waals surface area contributed by atoms with E-state index < -0.39 is 6.03 Å². The highest BCUT2D eigenvalue weighted by Gasteiger charge is 2.35. The van der Waals surface area contributed by atoms with Gasteiger partial charge in [-0.3, -0.25) is 9.59 Å². The number of pyridine rings is 1. The van der Waals surface area contributed by atoms with Crippen molar-refractivity contribution in [3.63, 3.8) is 0 Å². The Morgan fingerprint density at radius 3 is 2.73 bits per heavy atom. The number of hydrogen-bond donors (Lipinski definition) is 3. The van der Waals surface area contributed by atoms with Gasteiger partial charge < -0.3 is 16.0 Å². The smallest absolute Gasteiger partial charge is 0.332 e. The van der Waals surface area contributed by atoms with E-state index in [9.17, 15) is 14.4 Å². The average molecular weight is 465 g/mol. The fourth-order valence-corrected chi connectivity index (χ4v) is 5.13. The van der Waals surface area contributed by atoms with Crippen LogP contribution in [0.3, 0.4) is 0 Å². The molecule has 0 bridgehead atoms. The Labute approximate surface area is 195 Å². The molecule has 1 aliphatic carbocycles. The Morgan fingerprint density at radius 1 is 1.27 bits per heavy atom. The topological polar surface area (TPSA) is 116 Å². The first-order chi connectivity index (χ1) is 16.0. The lowest BCUT2D eigenvalue weighted by molar-refractivity contribution is -0.117. The molecular formula is C23H24N6O3S. The molecule has 170 valence electrons. The Kier molecular flexibility index (Phi) is 6.36. The maximum atomic E-state index is 13.2. The molecule has 0 saturated heterocycles. The van der Waals surface area contributed by atoms with Gasteiger partial charge in [0.15, 0.2) is 0 Å². The number of carbonyl (C=O) groups excluding carboxylic acids is 3. The number of allylic oxidation sites excluding steroid dienone is 1. The second kappa shape index (κ2) is 9.37. The van der Waals surface area contributed by atoms with E-state index in [0.717, 1.165) is 19.3 Å². The van der Waals surface area contributed by atoms with E-state index in [-0.39, 0.29) is 23.9 Å².